The molecule has 5 rings (SSSR count). The molecule has 0 amide bonds. The molecule has 2 N–H and O–H groups in total. The molecule has 0 fully saturated rings. The Morgan fingerprint density at radius 3 is 1.63 bits per heavy atom. The predicted octanol–water partition coefficient (Wildman–Crippen LogP) is 5.49. The van der Waals surface area contributed by atoms with Crippen molar-refractivity contribution in [2.45, 2.75) is 74.1 Å². The molecule has 5 nitrogen and oxygen atoms in total. The molecule has 0 unspecified atom stereocenters. The molecule has 5 heterocycles. The molecule has 2 aromatic heterocycles. The first-order valence-electron chi connectivity index (χ1n) is 12.9. The van der Waals surface area contributed by atoms with Gasteiger partial charge in [0.25, 0.3) is 0 Å². The van der Waals surface area contributed by atoms with E-state index in [1.165, 1.54) is 33.4 Å². The molecule has 180 valence electrons. The fourth-order valence-corrected chi connectivity index (χ4v) is 5.58. The van der Waals surface area contributed by atoms with E-state index < -0.39 is 0 Å². The molecule has 0 spiro atoms. The van der Waals surface area contributed by atoms with E-state index in [1.807, 2.05) is 0 Å². The Kier molecular flexibility index (Phi) is 5.96. The van der Waals surface area contributed by atoms with E-state index in [0.717, 1.165) is 76.4 Å². The van der Waals surface area contributed by atoms with Gasteiger partial charge in [0.2, 0.25) is 0 Å². The fraction of sp³-hybridized carbons (Fsp3) is 0.367. The van der Waals surface area contributed by atoms with Crippen molar-refractivity contribution < 1.29 is 0 Å². The van der Waals surface area contributed by atoms with Gasteiger partial charge in [0.1, 0.15) is 5.82 Å². The van der Waals surface area contributed by atoms with Gasteiger partial charge in [-0.15, -0.1) is 0 Å². The van der Waals surface area contributed by atoms with Crippen LogP contribution in [-0.4, -0.2) is 26.4 Å². The minimum absolute atomic E-state index is 0.826. The quantitative estimate of drug-likeness (QED) is 0.616. The van der Waals surface area contributed by atoms with Gasteiger partial charge in [-0.2, -0.15) is 0 Å². The standard InChI is InChI=1S/C30H35N5/c1-8-19-16(5)23-12-25-18(7)31-30(35-25)15-24-17(6)20(9-2)27(33-24)14-29-22(11-4)21(10-3)28(34-29)13-26(19)32-23/h12-15,34H,8-11H2,1-7H3,(H,31,35). The summed E-state index contributed by atoms with van der Waals surface area (Å²) in [7, 11) is 0. The van der Waals surface area contributed by atoms with Gasteiger partial charge in [-0.1, -0.05) is 27.7 Å². The molecule has 0 aliphatic carbocycles. The van der Waals surface area contributed by atoms with Gasteiger partial charge in [0.05, 0.1) is 28.5 Å². The first-order valence-corrected chi connectivity index (χ1v) is 12.9. The van der Waals surface area contributed by atoms with Crippen molar-refractivity contribution in [2.75, 3.05) is 0 Å². The SMILES string of the molecule is CCC1=C(C)C2=Cc3nc(c(C)[nH]3)C=C3N=C(C=c4[nH]c(c(CC)c4CC)=CC1=N2)C(CC)=C3C. The first kappa shape index (κ1) is 23.3. The van der Waals surface area contributed by atoms with Gasteiger partial charge < -0.3 is 9.97 Å². The third-order valence-electron chi connectivity index (χ3n) is 7.52. The second-order valence-corrected chi connectivity index (χ2v) is 9.50. The Balaban J connectivity index is 1.87. The van der Waals surface area contributed by atoms with E-state index in [9.17, 15) is 0 Å². The van der Waals surface area contributed by atoms with Crippen molar-refractivity contribution in [1.82, 2.24) is 15.0 Å². The van der Waals surface area contributed by atoms with Crippen molar-refractivity contribution in [2.24, 2.45) is 9.98 Å². The van der Waals surface area contributed by atoms with E-state index >= 15 is 0 Å². The topological polar surface area (TPSA) is 69.2 Å². The number of aliphatic imine (C=N–C) groups is 2. The number of aromatic nitrogens is 3. The summed E-state index contributed by atoms with van der Waals surface area (Å²) in [5, 5.41) is 2.32. The van der Waals surface area contributed by atoms with Crippen molar-refractivity contribution in [3.63, 3.8) is 0 Å². The lowest BCUT2D eigenvalue weighted by Crippen LogP contribution is -2.16. The van der Waals surface area contributed by atoms with Crippen molar-refractivity contribution in [3.8, 4) is 0 Å². The zero-order valence-electron chi connectivity index (χ0n) is 22.0. The van der Waals surface area contributed by atoms with Crippen LogP contribution in [0.4, 0.5) is 0 Å². The molecule has 0 atom stereocenters. The predicted molar refractivity (Wildman–Crippen MR) is 148 cm³/mol. The number of allylic oxidation sites excluding steroid dienone is 4. The Bertz CT molecular complexity index is 1540. The van der Waals surface area contributed by atoms with Gasteiger partial charge >= 0.3 is 0 Å². The molecule has 0 radical (unpaired) electrons. The van der Waals surface area contributed by atoms with Gasteiger partial charge in [-0.25, -0.2) is 15.0 Å². The minimum Gasteiger partial charge on any atom is -0.355 e. The second-order valence-electron chi connectivity index (χ2n) is 9.50. The maximum Gasteiger partial charge on any atom is 0.133 e. The summed E-state index contributed by atoms with van der Waals surface area (Å²) >= 11 is 0. The second kappa shape index (κ2) is 8.95. The molecule has 0 aromatic carbocycles. The lowest BCUT2D eigenvalue weighted by Gasteiger charge is -2.01. The fourth-order valence-electron chi connectivity index (χ4n) is 5.58. The number of H-pyrrole nitrogens is 2. The summed E-state index contributed by atoms with van der Waals surface area (Å²) < 4.78 is 0. The molecule has 8 bridgehead atoms. The van der Waals surface area contributed by atoms with E-state index in [4.69, 9.17) is 15.0 Å². The van der Waals surface area contributed by atoms with Crippen LogP contribution in [0.5, 0.6) is 0 Å². The van der Waals surface area contributed by atoms with Crippen molar-refractivity contribution in [1.29, 1.82) is 0 Å². The molecule has 3 aliphatic rings. The van der Waals surface area contributed by atoms with Crippen LogP contribution in [-0.2, 0) is 12.8 Å². The zero-order valence-corrected chi connectivity index (χ0v) is 22.0. The van der Waals surface area contributed by atoms with E-state index in [-0.39, 0.29) is 0 Å². The lowest BCUT2D eigenvalue weighted by molar-refractivity contribution is 1.04. The van der Waals surface area contributed by atoms with Gasteiger partial charge in [0.15, 0.2) is 0 Å². The van der Waals surface area contributed by atoms with Gasteiger partial charge in [-0.3, -0.25) is 0 Å². The maximum absolute atomic E-state index is 5.08. The van der Waals surface area contributed by atoms with Crippen LogP contribution < -0.4 is 10.7 Å². The highest BCUT2D eigenvalue weighted by molar-refractivity contribution is 6.24. The highest BCUT2D eigenvalue weighted by Gasteiger charge is 2.22. The Morgan fingerprint density at radius 1 is 0.629 bits per heavy atom. The van der Waals surface area contributed by atoms with Gasteiger partial charge in [-0.05, 0) is 98.1 Å². The van der Waals surface area contributed by atoms with E-state index in [2.05, 4.69) is 82.7 Å². The smallest absolute Gasteiger partial charge is 0.133 e. The van der Waals surface area contributed by atoms with Crippen LogP contribution in [0.15, 0.2) is 43.7 Å². The molecule has 2 aromatic rings. The molecule has 5 heteroatoms. The van der Waals surface area contributed by atoms with E-state index in [1.54, 1.807) is 0 Å². The number of hydrogen-bond acceptors (Lipinski definition) is 3. The molecule has 35 heavy (non-hydrogen) atoms. The van der Waals surface area contributed by atoms with Crippen molar-refractivity contribution >= 4 is 35.7 Å². The third kappa shape index (κ3) is 3.83. The number of imidazole rings is 1. The van der Waals surface area contributed by atoms with Crippen LogP contribution >= 0.6 is 0 Å². The Labute approximate surface area is 207 Å². The largest absolute Gasteiger partial charge is 0.355 e. The van der Waals surface area contributed by atoms with E-state index in [0.29, 0.717) is 0 Å². The number of fused-ring (bicyclic) bond motifs is 6. The average Bonchev–Trinajstić information content (AvgIpc) is 3.52. The molecule has 3 aliphatic heterocycles. The van der Waals surface area contributed by atoms with Crippen molar-refractivity contribution in [3.05, 3.63) is 72.7 Å². The number of nitrogens with zero attached hydrogens (tertiary/aromatic N) is 3. The highest BCUT2D eigenvalue weighted by atomic mass is 14.9. The highest BCUT2D eigenvalue weighted by Crippen LogP contribution is 2.31. The number of rotatable bonds is 4. The first-order chi connectivity index (χ1) is 16.9. The summed E-state index contributed by atoms with van der Waals surface area (Å²) in [4.78, 5) is 22.2. The summed E-state index contributed by atoms with van der Waals surface area (Å²) in [6, 6.07) is 0. The van der Waals surface area contributed by atoms with Crippen LogP contribution in [0.2, 0.25) is 0 Å². The Morgan fingerprint density at radius 2 is 1.14 bits per heavy atom. The normalized spacial score (nSPS) is 17.2. The number of aromatic amines is 2. The molecular formula is C30H35N5. The summed E-state index contributed by atoms with van der Waals surface area (Å²) in [5.74, 6) is 0.826. The molecule has 0 saturated carbocycles. The molecule has 0 saturated heterocycles. The van der Waals surface area contributed by atoms with Crippen LogP contribution in [0, 0.1) is 6.92 Å². The van der Waals surface area contributed by atoms with Crippen LogP contribution in [0.25, 0.3) is 24.3 Å². The lowest BCUT2D eigenvalue weighted by atomic mass is 10.0. The number of aryl methyl sites for hydroxylation is 1. The monoisotopic (exact) mass is 465 g/mol. The summed E-state index contributed by atoms with van der Waals surface area (Å²) in [6.07, 6.45) is 12.5. The Hall–Kier alpha value is -3.47. The summed E-state index contributed by atoms with van der Waals surface area (Å²) in [6.45, 7) is 15.3. The third-order valence-corrected chi connectivity index (χ3v) is 7.52. The van der Waals surface area contributed by atoms with Crippen LogP contribution in [0.1, 0.15) is 82.7 Å². The van der Waals surface area contributed by atoms with Gasteiger partial charge in [0, 0.05) is 22.5 Å². The van der Waals surface area contributed by atoms with Crippen LogP contribution in [0.3, 0.4) is 0 Å². The number of nitrogens with one attached hydrogen (secondary N) is 2. The number of hydrogen-bond donors (Lipinski definition) is 2. The summed E-state index contributed by atoms with van der Waals surface area (Å²) in [5.41, 5.74) is 13.8. The zero-order chi connectivity index (χ0) is 24.9. The molecular weight excluding hydrogens is 430 g/mol. The minimum atomic E-state index is 0.826. The average molecular weight is 466 g/mol. The maximum atomic E-state index is 5.08.